The molecular weight excluding hydrogens is 233 g/mol. The summed E-state index contributed by atoms with van der Waals surface area (Å²) in [5, 5.41) is 0. The first-order valence-corrected chi connectivity index (χ1v) is 5.99. The Hall–Kier alpha value is -0.740. The van der Waals surface area contributed by atoms with Gasteiger partial charge in [0.25, 0.3) is 0 Å². The van der Waals surface area contributed by atoms with Gasteiger partial charge in [0.1, 0.15) is 6.10 Å². The van der Waals surface area contributed by atoms with Crippen LogP contribution in [0, 0.1) is 17.8 Å². The molecule has 0 saturated heterocycles. The predicted molar refractivity (Wildman–Crippen MR) is 57.3 cm³/mol. The van der Waals surface area contributed by atoms with Crippen molar-refractivity contribution in [3.8, 4) is 0 Å². The number of rotatable bonds is 2. The van der Waals surface area contributed by atoms with Crippen LogP contribution in [0.1, 0.15) is 40.0 Å². The van der Waals surface area contributed by atoms with Crippen molar-refractivity contribution in [2.24, 2.45) is 17.8 Å². The van der Waals surface area contributed by atoms with Crippen LogP contribution in [0.15, 0.2) is 0 Å². The van der Waals surface area contributed by atoms with E-state index in [2.05, 4.69) is 4.74 Å². The molecule has 1 saturated carbocycles. The maximum Gasteiger partial charge on any atom is 0.490 e. The first kappa shape index (κ1) is 14.3. The molecule has 1 aliphatic carbocycles. The Labute approximate surface area is 99.5 Å². The van der Waals surface area contributed by atoms with Crippen LogP contribution in [0.4, 0.5) is 13.2 Å². The van der Waals surface area contributed by atoms with E-state index in [1.54, 1.807) is 0 Å². The van der Waals surface area contributed by atoms with E-state index in [0.717, 1.165) is 12.8 Å². The van der Waals surface area contributed by atoms with Crippen LogP contribution >= 0.6 is 0 Å². The van der Waals surface area contributed by atoms with Gasteiger partial charge >= 0.3 is 12.1 Å². The molecule has 0 unspecified atom stereocenters. The standard InChI is InChI=1S/C12H19F3O2/c1-7(2)9-5-4-8(3)6-10(9)17-11(16)12(13,14)15/h7-10H,4-6H2,1-3H3/t8-,9+,10+/m1/s1. The molecule has 2 nitrogen and oxygen atoms in total. The Morgan fingerprint density at radius 1 is 1.29 bits per heavy atom. The fraction of sp³-hybridized carbons (Fsp3) is 0.917. The molecular formula is C12H19F3O2. The zero-order valence-electron chi connectivity index (χ0n) is 10.4. The lowest BCUT2D eigenvalue weighted by molar-refractivity contribution is -0.210. The highest BCUT2D eigenvalue weighted by Gasteiger charge is 2.44. The zero-order valence-corrected chi connectivity index (χ0v) is 10.4. The molecule has 0 bridgehead atoms. The SMILES string of the molecule is CC(C)[C@@H]1CC[C@@H](C)C[C@@H]1OC(=O)C(F)(F)F. The first-order chi connectivity index (χ1) is 7.71. The Kier molecular flexibility index (Phi) is 4.44. The highest BCUT2D eigenvalue weighted by atomic mass is 19.4. The van der Waals surface area contributed by atoms with Crippen molar-refractivity contribution in [1.29, 1.82) is 0 Å². The lowest BCUT2D eigenvalue weighted by atomic mass is 9.75. The Morgan fingerprint density at radius 2 is 1.88 bits per heavy atom. The topological polar surface area (TPSA) is 26.3 Å². The van der Waals surface area contributed by atoms with Crippen LogP contribution in [0.25, 0.3) is 0 Å². The number of esters is 1. The molecule has 0 N–H and O–H groups in total. The summed E-state index contributed by atoms with van der Waals surface area (Å²) in [7, 11) is 0. The van der Waals surface area contributed by atoms with Gasteiger partial charge in [-0.3, -0.25) is 0 Å². The van der Waals surface area contributed by atoms with Crippen molar-refractivity contribution in [2.75, 3.05) is 0 Å². The number of alkyl halides is 3. The molecule has 0 heterocycles. The van der Waals surface area contributed by atoms with E-state index in [-0.39, 0.29) is 11.8 Å². The van der Waals surface area contributed by atoms with Gasteiger partial charge in [-0.25, -0.2) is 4.79 Å². The normalized spacial score (nSPS) is 30.4. The van der Waals surface area contributed by atoms with Crippen molar-refractivity contribution in [3.63, 3.8) is 0 Å². The van der Waals surface area contributed by atoms with Gasteiger partial charge in [-0.15, -0.1) is 0 Å². The summed E-state index contributed by atoms with van der Waals surface area (Å²) in [5.74, 6) is -1.47. The summed E-state index contributed by atoms with van der Waals surface area (Å²) in [6.45, 7) is 5.88. The third kappa shape index (κ3) is 3.89. The highest BCUT2D eigenvalue weighted by Crippen LogP contribution is 2.36. The van der Waals surface area contributed by atoms with Crippen LogP contribution in [0.3, 0.4) is 0 Å². The van der Waals surface area contributed by atoms with Gasteiger partial charge in [0.2, 0.25) is 0 Å². The van der Waals surface area contributed by atoms with E-state index in [1.807, 2.05) is 20.8 Å². The van der Waals surface area contributed by atoms with Crippen LogP contribution < -0.4 is 0 Å². The Morgan fingerprint density at radius 3 is 2.35 bits per heavy atom. The Balaban J connectivity index is 2.67. The molecule has 1 fully saturated rings. The van der Waals surface area contributed by atoms with Crippen molar-refractivity contribution in [1.82, 2.24) is 0 Å². The average Bonchev–Trinajstić information content (AvgIpc) is 2.15. The van der Waals surface area contributed by atoms with Gasteiger partial charge < -0.3 is 4.74 Å². The van der Waals surface area contributed by atoms with Crippen LogP contribution in [-0.2, 0) is 9.53 Å². The lowest BCUT2D eigenvalue weighted by Gasteiger charge is -2.36. The van der Waals surface area contributed by atoms with E-state index in [1.165, 1.54) is 0 Å². The summed E-state index contributed by atoms with van der Waals surface area (Å²) < 4.78 is 41.1. The van der Waals surface area contributed by atoms with E-state index in [9.17, 15) is 18.0 Å². The monoisotopic (exact) mass is 252 g/mol. The fourth-order valence-electron chi connectivity index (χ4n) is 2.45. The van der Waals surface area contributed by atoms with Crippen molar-refractivity contribution in [2.45, 2.75) is 52.3 Å². The number of carbonyl (C=O) groups excluding carboxylic acids is 1. The van der Waals surface area contributed by atoms with Crippen molar-refractivity contribution in [3.05, 3.63) is 0 Å². The lowest BCUT2D eigenvalue weighted by Crippen LogP contribution is -2.39. The van der Waals surface area contributed by atoms with Crippen LogP contribution in [0.5, 0.6) is 0 Å². The predicted octanol–water partition coefficient (Wildman–Crippen LogP) is 3.55. The second kappa shape index (κ2) is 5.27. The zero-order chi connectivity index (χ0) is 13.2. The molecule has 100 valence electrons. The molecule has 1 aliphatic rings. The number of halogens is 3. The van der Waals surface area contributed by atoms with Crippen molar-refractivity contribution < 1.29 is 22.7 Å². The second-order valence-electron chi connectivity index (χ2n) is 5.27. The number of ether oxygens (including phenoxy) is 1. The van der Waals surface area contributed by atoms with Gasteiger partial charge in [-0.1, -0.05) is 27.2 Å². The Bertz CT molecular complexity index is 273. The van der Waals surface area contributed by atoms with Crippen LogP contribution in [0.2, 0.25) is 0 Å². The molecule has 3 atom stereocenters. The highest BCUT2D eigenvalue weighted by molar-refractivity contribution is 5.75. The second-order valence-corrected chi connectivity index (χ2v) is 5.27. The van der Waals surface area contributed by atoms with E-state index in [0.29, 0.717) is 12.3 Å². The molecule has 0 aromatic rings. The summed E-state index contributed by atoms with van der Waals surface area (Å²) in [6, 6.07) is 0. The fourth-order valence-corrected chi connectivity index (χ4v) is 2.45. The summed E-state index contributed by atoms with van der Waals surface area (Å²) in [4.78, 5) is 10.9. The minimum Gasteiger partial charge on any atom is -0.455 e. The maximum absolute atomic E-state index is 12.2. The van der Waals surface area contributed by atoms with Gasteiger partial charge in [-0.2, -0.15) is 13.2 Å². The summed E-state index contributed by atoms with van der Waals surface area (Å²) >= 11 is 0. The molecule has 0 aromatic heterocycles. The van der Waals surface area contributed by atoms with Gasteiger partial charge in [0, 0.05) is 0 Å². The van der Waals surface area contributed by atoms with E-state index < -0.39 is 18.2 Å². The molecule has 0 spiro atoms. The third-order valence-electron chi connectivity index (χ3n) is 3.45. The van der Waals surface area contributed by atoms with Crippen molar-refractivity contribution >= 4 is 5.97 Å². The molecule has 0 aromatic carbocycles. The number of hydrogen-bond acceptors (Lipinski definition) is 2. The smallest absolute Gasteiger partial charge is 0.455 e. The third-order valence-corrected chi connectivity index (χ3v) is 3.45. The molecule has 1 rings (SSSR count). The summed E-state index contributed by atoms with van der Waals surface area (Å²) in [5.41, 5.74) is 0. The van der Waals surface area contributed by atoms with Gasteiger partial charge in [0.05, 0.1) is 0 Å². The van der Waals surface area contributed by atoms with E-state index in [4.69, 9.17) is 0 Å². The maximum atomic E-state index is 12.2. The quantitative estimate of drug-likeness (QED) is 0.702. The minimum absolute atomic E-state index is 0.0394. The average molecular weight is 252 g/mol. The molecule has 0 amide bonds. The van der Waals surface area contributed by atoms with Gasteiger partial charge in [-0.05, 0) is 30.6 Å². The van der Waals surface area contributed by atoms with E-state index >= 15 is 0 Å². The van der Waals surface area contributed by atoms with Crippen LogP contribution in [-0.4, -0.2) is 18.2 Å². The minimum atomic E-state index is -4.89. The molecule has 0 aliphatic heterocycles. The molecule has 17 heavy (non-hydrogen) atoms. The largest absolute Gasteiger partial charge is 0.490 e. The first-order valence-electron chi connectivity index (χ1n) is 5.99. The molecule has 5 heteroatoms. The number of hydrogen-bond donors (Lipinski definition) is 0. The summed E-state index contributed by atoms with van der Waals surface area (Å²) in [6.07, 6.45) is -3.13. The van der Waals surface area contributed by atoms with Gasteiger partial charge in [0.15, 0.2) is 0 Å². The number of carbonyl (C=O) groups is 1. The molecule has 0 radical (unpaired) electrons.